The summed E-state index contributed by atoms with van der Waals surface area (Å²) in [5.41, 5.74) is 1.68. The summed E-state index contributed by atoms with van der Waals surface area (Å²) in [6, 6.07) is 10.0. The second kappa shape index (κ2) is 9.94. The quantitative estimate of drug-likeness (QED) is 0.509. The van der Waals surface area contributed by atoms with Crippen molar-refractivity contribution >= 4 is 12.0 Å². The van der Waals surface area contributed by atoms with E-state index < -0.39 is 0 Å². The maximum absolute atomic E-state index is 10.9. The van der Waals surface area contributed by atoms with Gasteiger partial charge in [-0.15, -0.1) is 0 Å². The Hall–Kier alpha value is -1.87. The monoisotopic (exact) mass is 289 g/mol. The van der Waals surface area contributed by atoms with E-state index in [4.69, 9.17) is 4.74 Å². The molecule has 3 nitrogen and oxygen atoms in total. The first kappa shape index (κ1) is 19.1. The maximum Gasteiger partial charge on any atom is 0.333 e. The molecule has 0 bridgehead atoms. The summed E-state index contributed by atoms with van der Waals surface area (Å²) in [5, 5.41) is 3.21. The Labute approximate surface area is 128 Å². The molecule has 0 spiro atoms. The van der Waals surface area contributed by atoms with Crippen molar-refractivity contribution in [1.29, 1.82) is 0 Å². The topological polar surface area (TPSA) is 38.3 Å². The van der Waals surface area contributed by atoms with Crippen molar-refractivity contribution < 1.29 is 9.53 Å². The number of nitrogens with one attached hydrogen (secondary N) is 1. The van der Waals surface area contributed by atoms with Gasteiger partial charge >= 0.3 is 5.97 Å². The van der Waals surface area contributed by atoms with E-state index in [9.17, 15) is 4.79 Å². The van der Waals surface area contributed by atoms with Crippen molar-refractivity contribution in [3.05, 3.63) is 54.6 Å². The van der Waals surface area contributed by atoms with E-state index in [1.165, 1.54) is 5.56 Å². The highest BCUT2D eigenvalue weighted by Gasteiger charge is 2.08. The highest BCUT2D eigenvalue weighted by Crippen LogP contribution is 1.98. The molecule has 3 heteroatoms. The average molecular weight is 289 g/mol. The van der Waals surface area contributed by atoms with Gasteiger partial charge in [0, 0.05) is 17.7 Å². The summed E-state index contributed by atoms with van der Waals surface area (Å²) < 4.78 is 4.90. The fourth-order valence-corrected chi connectivity index (χ4v) is 1.28. The van der Waals surface area contributed by atoms with Crippen molar-refractivity contribution in [2.24, 2.45) is 0 Å². The Morgan fingerprint density at radius 1 is 1.29 bits per heavy atom. The minimum Gasteiger partial charge on any atom is -0.461 e. The molecule has 0 aliphatic rings. The van der Waals surface area contributed by atoms with Gasteiger partial charge in [-0.1, -0.05) is 49.6 Å². The predicted octanol–water partition coefficient (Wildman–Crippen LogP) is 3.82. The molecule has 0 amide bonds. The molecule has 1 rings (SSSR count). The van der Waals surface area contributed by atoms with Gasteiger partial charge in [-0.05, 0) is 33.3 Å². The predicted molar refractivity (Wildman–Crippen MR) is 90.1 cm³/mol. The molecule has 0 aromatic heterocycles. The Balaban J connectivity index is 0.000000423. The third-order valence-electron chi connectivity index (χ3n) is 2.37. The van der Waals surface area contributed by atoms with Gasteiger partial charge in [0.15, 0.2) is 0 Å². The first-order chi connectivity index (χ1) is 9.76. The lowest BCUT2D eigenvalue weighted by Crippen LogP contribution is -2.38. The second-order valence-electron chi connectivity index (χ2n) is 5.71. The first-order valence-corrected chi connectivity index (χ1v) is 7.01. The first-order valence-electron chi connectivity index (χ1n) is 7.01. The van der Waals surface area contributed by atoms with E-state index in [0.717, 1.165) is 0 Å². The van der Waals surface area contributed by atoms with Gasteiger partial charge in [-0.25, -0.2) is 4.79 Å². The third kappa shape index (κ3) is 11.6. The molecule has 1 aromatic rings. The van der Waals surface area contributed by atoms with E-state index >= 15 is 0 Å². The van der Waals surface area contributed by atoms with Crippen LogP contribution in [0.4, 0.5) is 0 Å². The number of hydrogen-bond donors (Lipinski definition) is 1. The number of ether oxygens (including phenoxy) is 1. The third-order valence-corrected chi connectivity index (χ3v) is 2.37. The molecule has 0 atom stereocenters. The maximum atomic E-state index is 10.9. The zero-order chi connectivity index (χ0) is 16.3. The Morgan fingerprint density at radius 3 is 2.24 bits per heavy atom. The molecule has 0 aliphatic carbocycles. The normalized spacial score (nSPS) is 10.1. The van der Waals surface area contributed by atoms with Gasteiger partial charge in [0.05, 0.1) is 0 Å². The van der Waals surface area contributed by atoms with Crippen LogP contribution in [0.5, 0.6) is 0 Å². The molecule has 116 valence electrons. The minimum atomic E-state index is -0.323. The van der Waals surface area contributed by atoms with Crippen LogP contribution in [0.25, 0.3) is 6.08 Å². The fraction of sp³-hybridized carbons (Fsp3) is 0.389. The van der Waals surface area contributed by atoms with Gasteiger partial charge in [0.25, 0.3) is 0 Å². The summed E-state index contributed by atoms with van der Waals surface area (Å²) in [4.78, 5) is 10.9. The van der Waals surface area contributed by atoms with Crippen LogP contribution in [-0.4, -0.2) is 24.7 Å². The molecule has 0 fully saturated rings. The SMILES string of the molecule is C=C(C)C(=O)OCCNC(C)(C)C.C=Cc1ccccc1. The van der Waals surface area contributed by atoms with Crippen molar-refractivity contribution in [2.45, 2.75) is 33.2 Å². The highest BCUT2D eigenvalue weighted by atomic mass is 16.5. The van der Waals surface area contributed by atoms with Crippen molar-refractivity contribution in [3.8, 4) is 0 Å². The van der Waals surface area contributed by atoms with Crippen molar-refractivity contribution in [3.63, 3.8) is 0 Å². The van der Waals surface area contributed by atoms with Gasteiger partial charge in [0.2, 0.25) is 0 Å². The van der Waals surface area contributed by atoms with Gasteiger partial charge in [-0.2, -0.15) is 0 Å². The van der Waals surface area contributed by atoms with Crippen LogP contribution in [0.1, 0.15) is 33.3 Å². The van der Waals surface area contributed by atoms with Crippen LogP contribution in [0, 0.1) is 0 Å². The molecule has 21 heavy (non-hydrogen) atoms. The van der Waals surface area contributed by atoms with E-state index in [1.54, 1.807) is 6.92 Å². The van der Waals surface area contributed by atoms with Gasteiger partial charge < -0.3 is 10.1 Å². The van der Waals surface area contributed by atoms with Crippen LogP contribution in [0.2, 0.25) is 0 Å². The van der Waals surface area contributed by atoms with Crippen LogP contribution < -0.4 is 5.32 Å². The summed E-state index contributed by atoms with van der Waals surface area (Å²) in [7, 11) is 0. The van der Waals surface area contributed by atoms with E-state index in [1.807, 2.05) is 36.4 Å². The summed E-state index contributed by atoms with van der Waals surface area (Å²) in [5.74, 6) is -0.323. The zero-order valence-electron chi connectivity index (χ0n) is 13.6. The zero-order valence-corrected chi connectivity index (χ0v) is 13.6. The minimum absolute atomic E-state index is 0.0651. The molecule has 1 aromatic carbocycles. The molecular formula is C18H27NO2. The smallest absolute Gasteiger partial charge is 0.333 e. The molecule has 0 heterocycles. The largest absolute Gasteiger partial charge is 0.461 e. The molecule has 0 saturated heterocycles. The van der Waals surface area contributed by atoms with Crippen molar-refractivity contribution in [1.82, 2.24) is 5.32 Å². The number of benzene rings is 1. The molecular weight excluding hydrogens is 262 g/mol. The summed E-state index contributed by atoms with van der Waals surface area (Å²) in [6.07, 6.45) is 1.83. The Morgan fingerprint density at radius 2 is 1.86 bits per heavy atom. The fourth-order valence-electron chi connectivity index (χ4n) is 1.28. The van der Waals surface area contributed by atoms with Crippen LogP contribution >= 0.6 is 0 Å². The highest BCUT2D eigenvalue weighted by molar-refractivity contribution is 5.86. The van der Waals surface area contributed by atoms with Crippen molar-refractivity contribution in [2.75, 3.05) is 13.2 Å². The van der Waals surface area contributed by atoms with Gasteiger partial charge in [-0.3, -0.25) is 0 Å². The van der Waals surface area contributed by atoms with E-state index in [-0.39, 0.29) is 11.5 Å². The van der Waals surface area contributed by atoms with Crippen LogP contribution in [0.15, 0.2) is 49.1 Å². The molecule has 0 saturated carbocycles. The second-order valence-corrected chi connectivity index (χ2v) is 5.71. The Kier molecular flexibility index (Phi) is 9.06. The number of carbonyl (C=O) groups is 1. The summed E-state index contributed by atoms with van der Waals surface area (Å²) >= 11 is 0. The van der Waals surface area contributed by atoms with Gasteiger partial charge in [0.1, 0.15) is 6.61 Å². The lowest BCUT2D eigenvalue weighted by molar-refractivity contribution is -0.138. The lowest BCUT2D eigenvalue weighted by atomic mass is 10.1. The lowest BCUT2D eigenvalue weighted by Gasteiger charge is -2.20. The molecule has 1 N–H and O–H groups in total. The van der Waals surface area contributed by atoms with E-state index in [0.29, 0.717) is 18.7 Å². The summed E-state index contributed by atoms with van der Waals surface area (Å²) in [6.45, 7) is 16.0. The Bertz CT molecular complexity index is 444. The molecule has 0 radical (unpaired) electrons. The standard InChI is InChI=1S/C10H19NO2.C8H8/c1-8(2)9(12)13-7-6-11-10(3,4)5;1-2-8-6-4-3-5-7-8/h11H,1,6-7H2,2-5H3;2-7H,1H2. The van der Waals surface area contributed by atoms with Crippen LogP contribution in [0.3, 0.4) is 0 Å². The number of esters is 1. The number of hydrogen-bond acceptors (Lipinski definition) is 3. The number of rotatable bonds is 5. The van der Waals surface area contributed by atoms with E-state index in [2.05, 4.69) is 39.2 Å². The van der Waals surface area contributed by atoms with Crippen LogP contribution in [-0.2, 0) is 9.53 Å². The average Bonchev–Trinajstić information content (AvgIpc) is 2.43. The molecule has 0 unspecified atom stereocenters. The number of carbonyl (C=O) groups excluding carboxylic acids is 1. The molecule has 0 aliphatic heterocycles.